The third-order valence-electron chi connectivity index (χ3n) is 5.88. The molecule has 0 fully saturated rings. The average molecular weight is 517 g/mol. The van der Waals surface area contributed by atoms with E-state index in [1.165, 1.54) is 43.6 Å². The number of aldehydes is 1. The van der Waals surface area contributed by atoms with Gasteiger partial charge in [0, 0.05) is 18.0 Å². The number of aromatic nitrogens is 1. The number of hydrogen-bond acceptors (Lipinski definition) is 6. The van der Waals surface area contributed by atoms with Crippen LogP contribution in [0.5, 0.6) is 5.75 Å². The van der Waals surface area contributed by atoms with Gasteiger partial charge in [0.2, 0.25) is 0 Å². The molecule has 8 nitrogen and oxygen atoms in total. The number of aromatic carboxylic acids is 1. The standard InChI is InChI=1S/C28H24N2O6S/c1-19-14-22(25-8-4-3-7-21(25)18-31)15-26(28(32)33)27(19)30(17-20-6-5-13-29-16-20)37(34,35)24-11-9-23(36-2)10-12-24/h3-16,18H,17H2,1-2H3,(H,32,33). The number of benzene rings is 3. The van der Waals surface area contributed by atoms with E-state index in [4.69, 9.17) is 4.74 Å². The van der Waals surface area contributed by atoms with Crippen molar-refractivity contribution in [2.75, 3.05) is 11.4 Å². The number of methoxy groups -OCH3 is 1. The average Bonchev–Trinajstić information content (AvgIpc) is 2.92. The molecule has 0 aliphatic carbocycles. The summed E-state index contributed by atoms with van der Waals surface area (Å²) in [5, 5.41) is 10.2. The lowest BCUT2D eigenvalue weighted by Gasteiger charge is -2.28. The molecule has 0 bridgehead atoms. The molecule has 0 aliphatic heterocycles. The van der Waals surface area contributed by atoms with Crippen LogP contribution < -0.4 is 9.04 Å². The number of nitrogens with zero attached hydrogens (tertiary/aromatic N) is 2. The monoisotopic (exact) mass is 516 g/mol. The summed E-state index contributed by atoms with van der Waals surface area (Å²) in [7, 11) is -2.74. The maximum Gasteiger partial charge on any atom is 0.337 e. The molecule has 1 aromatic heterocycles. The van der Waals surface area contributed by atoms with Crippen molar-refractivity contribution in [3.8, 4) is 16.9 Å². The highest BCUT2D eigenvalue weighted by molar-refractivity contribution is 7.92. The Morgan fingerprint density at radius 3 is 2.41 bits per heavy atom. The molecule has 0 atom stereocenters. The molecule has 4 rings (SSSR count). The Kier molecular flexibility index (Phi) is 7.35. The first-order chi connectivity index (χ1) is 17.8. The quantitative estimate of drug-likeness (QED) is 0.312. The van der Waals surface area contributed by atoms with E-state index in [-0.39, 0.29) is 22.7 Å². The molecule has 0 saturated heterocycles. The summed E-state index contributed by atoms with van der Waals surface area (Å²) < 4.78 is 34.1. The first kappa shape index (κ1) is 25.6. The summed E-state index contributed by atoms with van der Waals surface area (Å²) in [5.74, 6) is -0.817. The van der Waals surface area contributed by atoms with Gasteiger partial charge in [-0.3, -0.25) is 14.1 Å². The summed E-state index contributed by atoms with van der Waals surface area (Å²) >= 11 is 0. The second-order valence-electron chi connectivity index (χ2n) is 8.25. The zero-order valence-corrected chi connectivity index (χ0v) is 21.0. The molecule has 3 aromatic carbocycles. The maximum absolute atomic E-state index is 13.9. The van der Waals surface area contributed by atoms with Crippen molar-refractivity contribution in [2.45, 2.75) is 18.4 Å². The number of carbonyl (C=O) groups is 2. The van der Waals surface area contributed by atoms with Crippen molar-refractivity contribution in [1.29, 1.82) is 0 Å². The molecule has 0 saturated carbocycles. The predicted molar refractivity (Wildman–Crippen MR) is 140 cm³/mol. The van der Waals surface area contributed by atoms with Gasteiger partial charge in [0.05, 0.1) is 29.8 Å². The van der Waals surface area contributed by atoms with E-state index in [0.717, 1.165) is 4.31 Å². The molecule has 1 N–H and O–H groups in total. The van der Waals surface area contributed by atoms with E-state index in [1.807, 2.05) is 0 Å². The minimum absolute atomic E-state index is 0.0247. The van der Waals surface area contributed by atoms with Gasteiger partial charge in [-0.25, -0.2) is 13.2 Å². The minimum Gasteiger partial charge on any atom is -0.497 e. The van der Waals surface area contributed by atoms with Crippen molar-refractivity contribution in [3.63, 3.8) is 0 Å². The van der Waals surface area contributed by atoms with E-state index in [0.29, 0.717) is 39.9 Å². The zero-order valence-electron chi connectivity index (χ0n) is 20.2. The van der Waals surface area contributed by atoms with Crippen LogP contribution in [0, 0.1) is 6.92 Å². The lowest BCUT2D eigenvalue weighted by atomic mass is 9.95. The maximum atomic E-state index is 13.9. The van der Waals surface area contributed by atoms with Crippen LogP contribution >= 0.6 is 0 Å². The molecule has 1 heterocycles. The predicted octanol–water partition coefficient (Wildman–Crippen LogP) is 4.97. The van der Waals surface area contributed by atoms with Crippen molar-refractivity contribution < 1.29 is 27.9 Å². The molecule has 4 aromatic rings. The lowest BCUT2D eigenvalue weighted by molar-refractivity contribution is 0.0697. The fraction of sp³-hybridized carbons (Fsp3) is 0.107. The molecule has 0 amide bonds. The van der Waals surface area contributed by atoms with Crippen molar-refractivity contribution in [2.24, 2.45) is 0 Å². The Morgan fingerprint density at radius 2 is 1.78 bits per heavy atom. The Hall–Kier alpha value is -4.50. The minimum atomic E-state index is -4.22. The van der Waals surface area contributed by atoms with Crippen LogP contribution in [0.1, 0.15) is 31.8 Å². The highest BCUT2D eigenvalue weighted by atomic mass is 32.2. The molecule has 0 spiro atoms. The lowest BCUT2D eigenvalue weighted by Crippen LogP contribution is -2.32. The highest BCUT2D eigenvalue weighted by Crippen LogP contribution is 2.36. The molecule has 188 valence electrons. The van der Waals surface area contributed by atoms with E-state index < -0.39 is 16.0 Å². The molecule has 0 unspecified atom stereocenters. The van der Waals surface area contributed by atoms with Crippen molar-refractivity contribution in [3.05, 3.63) is 107 Å². The second kappa shape index (κ2) is 10.6. The normalized spacial score (nSPS) is 11.1. The third-order valence-corrected chi connectivity index (χ3v) is 7.64. The van der Waals surface area contributed by atoms with Gasteiger partial charge in [0.1, 0.15) is 5.75 Å². The molecule has 37 heavy (non-hydrogen) atoms. The van der Waals surface area contributed by atoms with Crippen LogP contribution in [-0.4, -0.2) is 37.9 Å². The number of sulfonamides is 1. The summed E-state index contributed by atoms with van der Waals surface area (Å²) in [4.78, 5) is 28.1. The van der Waals surface area contributed by atoms with E-state index in [1.54, 1.807) is 55.6 Å². The molecular formula is C28H24N2O6S. The summed E-state index contributed by atoms with van der Waals surface area (Å²) in [5.41, 5.74) is 2.23. The Bertz CT molecular complexity index is 1550. The number of anilines is 1. The van der Waals surface area contributed by atoms with Gasteiger partial charge in [-0.15, -0.1) is 0 Å². The van der Waals surface area contributed by atoms with Crippen molar-refractivity contribution in [1.82, 2.24) is 4.98 Å². The van der Waals surface area contributed by atoms with E-state index in [9.17, 15) is 23.1 Å². The number of carbonyl (C=O) groups excluding carboxylic acids is 1. The fourth-order valence-corrected chi connectivity index (χ4v) is 5.64. The molecular weight excluding hydrogens is 492 g/mol. The number of pyridine rings is 1. The third kappa shape index (κ3) is 5.22. The molecule has 0 radical (unpaired) electrons. The van der Waals surface area contributed by atoms with Gasteiger partial charge in [0.25, 0.3) is 10.0 Å². The zero-order chi connectivity index (χ0) is 26.6. The first-order valence-corrected chi connectivity index (χ1v) is 12.7. The van der Waals surface area contributed by atoms with Crippen LogP contribution in [0.15, 0.2) is 90.1 Å². The second-order valence-corrected chi connectivity index (χ2v) is 10.1. The smallest absolute Gasteiger partial charge is 0.337 e. The number of carboxylic acid groups (broad SMARTS) is 1. The van der Waals surface area contributed by atoms with Crippen LogP contribution in [0.2, 0.25) is 0 Å². The SMILES string of the molecule is COc1ccc(S(=O)(=O)N(Cc2cccnc2)c2c(C)cc(-c3ccccc3C=O)cc2C(=O)O)cc1. The van der Waals surface area contributed by atoms with Gasteiger partial charge in [-0.05, 0) is 71.6 Å². The number of ether oxygens (including phenoxy) is 1. The summed E-state index contributed by atoms with van der Waals surface area (Å²) in [6.07, 6.45) is 3.79. The molecule has 9 heteroatoms. The van der Waals surface area contributed by atoms with Crippen molar-refractivity contribution >= 4 is 28.0 Å². The number of hydrogen-bond donors (Lipinski definition) is 1. The van der Waals surface area contributed by atoms with Crippen LogP contribution in [0.3, 0.4) is 0 Å². The van der Waals surface area contributed by atoms with E-state index >= 15 is 0 Å². The molecule has 0 aliphatic rings. The van der Waals surface area contributed by atoms with Gasteiger partial charge >= 0.3 is 5.97 Å². The Labute approximate surface area is 214 Å². The number of rotatable bonds is 9. The van der Waals surface area contributed by atoms with Gasteiger partial charge < -0.3 is 9.84 Å². The largest absolute Gasteiger partial charge is 0.497 e. The highest BCUT2D eigenvalue weighted by Gasteiger charge is 2.31. The van der Waals surface area contributed by atoms with Gasteiger partial charge in [-0.1, -0.05) is 30.3 Å². The van der Waals surface area contributed by atoms with Crippen LogP contribution in [0.4, 0.5) is 5.69 Å². The number of carboxylic acids is 1. The Morgan fingerprint density at radius 1 is 1.05 bits per heavy atom. The van der Waals surface area contributed by atoms with Crippen LogP contribution in [0.25, 0.3) is 11.1 Å². The Balaban J connectivity index is 1.95. The number of aryl methyl sites for hydroxylation is 1. The summed E-state index contributed by atoms with van der Waals surface area (Å²) in [6, 6.07) is 19.2. The fourth-order valence-electron chi connectivity index (χ4n) is 4.11. The topological polar surface area (TPSA) is 114 Å². The van der Waals surface area contributed by atoms with Crippen LogP contribution in [-0.2, 0) is 16.6 Å². The first-order valence-electron chi connectivity index (χ1n) is 11.2. The summed E-state index contributed by atoms with van der Waals surface area (Å²) in [6.45, 7) is 1.50. The van der Waals surface area contributed by atoms with E-state index in [2.05, 4.69) is 4.98 Å². The van der Waals surface area contributed by atoms with Gasteiger partial charge in [-0.2, -0.15) is 0 Å². The van der Waals surface area contributed by atoms with Gasteiger partial charge in [0.15, 0.2) is 6.29 Å².